The lowest BCUT2D eigenvalue weighted by molar-refractivity contribution is -0.294. The highest BCUT2D eigenvalue weighted by molar-refractivity contribution is 7.99. The number of carbonyl (C=O) groups is 1. The lowest BCUT2D eigenvalue weighted by atomic mass is 9.98. The molecule has 0 saturated heterocycles. The van der Waals surface area contributed by atoms with Crippen molar-refractivity contribution in [3.8, 4) is 6.07 Å². The number of alkyl halides is 5. The van der Waals surface area contributed by atoms with Crippen LogP contribution in [0.2, 0.25) is 0 Å². The standard InChI is InChI=1S/C20H21F6N3OS/c21-14-5-3-13(4-6-14)16(19(22,23)20(24,25)26)28-15(10-31-9-12-1-2-12)17(30)29-18(11-27)7-8-18/h3-6,12,15-16,28H,1-2,7-10H2,(H,29,30)/t15-,16-/m0/s1. The number of hydrogen-bond acceptors (Lipinski definition) is 4. The molecule has 1 amide bonds. The van der Waals surface area contributed by atoms with Crippen LogP contribution in [0.15, 0.2) is 24.3 Å². The van der Waals surface area contributed by atoms with Crippen molar-refractivity contribution in [3.63, 3.8) is 0 Å². The van der Waals surface area contributed by atoms with Gasteiger partial charge in [-0.15, -0.1) is 0 Å². The van der Waals surface area contributed by atoms with Gasteiger partial charge in [-0.25, -0.2) is 4.39 Å². The molecule has 0 radical (unpaired) electrons. The summed E-state index contributed by atoms with van der Waals surface area (Å²) in [5.74, 6) is -5.77. The van der Waals surface area contributed by atoms with Crippen LogP contribution in [0.5, 0.6) is 0 Å². The van der Waals surface area contributed by atoms with Crippen molar-refractivity contribution in [1.82, 2.24) is 10.6 Å². The van der Waals surface area contributed by atoms with Crippen LogP contribution in [0.1, 0.15) is 37.3 Å². The molecular weight excluding hydrogens is 444 g/mol. The molecule has 0 spiro atoms. The van der Waals surface area contributed by atoms with Crippen LogP contribution in [0.4, 0.5) is 26.3 Å². The predicted octanol–water partition coefficient (Wildman–Crippen LogP) is 4.34. The third-order valence-electron chi connectivity index (χ3n) is 5.29. The van der Waals surface area contributed by atoms with Crippen molar-refractivity contribution in [3.05, 3.63) is 35.6 Å². The second kappa shape index (κ2) is 8.90. The van der Waals surface area contributed by atoms with E-state index in [0.717, 1.165) is 37.1 Å². The Morgan fingerprint density at radius 2 is 1.81 bits per heavy atom. The molecule has 2 atom stereocenters. The largest absolute Gasteiger partial charge is 0.455 e. The molecule has 0 bridgehead atoms. The van der Waals surface area contributed by atoms with E-state index in [4.69, 9.17) is 0 Å². The first-order valence-corrected chi connectivity index (χ1v) is 10.9. The van der Waals surface area contributed by atoms with E-state index in [1.54, 1.807) is 0 Å². The van der Waals surface area contributed by atoms with Crippen LogP contribution in [-0.2, 0) is 4.79 Å². The fraction of sp³-hybridized carbons (Fsp3) is 0.600. The lowest BCUT2D eigenvalue weighted by Crippen LogP contribution is -2.56. The van der Waals surface area contributed by atoms with Gasteiger partial charge < -0.3 is 5.32 Å². The summed E-state index contributed by atoms with van der Waals surface area (Å²) < 4.78 is 81.6. The van der Waals surface area contributed by atoms with Crippen molar-refractivity contribution in [1.29, 1.82) is 5.26 Å². The molecule has 1 aromatic carbocycles. The number of hydrogen-bond donors (Lipinski definition) is 2. The van der Waals surface area contributed by atoms with Crippen molar-refractivity contribution in [2.75, 3.05) is 11.5 Å². The van der Waals surface area contributed by atoms with Crippen molar-refractivity contribution < 1.29 is 31.1 Å². The molecule has 2 fully saturated rings. The summed E-state index contributed by atoms with van der Waals surface area (Å²) in [7, 11) is 0. The van der Waals surface area contributed by atoms with Gasteiger partial charge in [0.1, 0.15) is 17.4 Å². The lowest BCUT2D eigenvalue weighted by Gasteiger charge is -2.33. The number of carbonyl (C=O) groups excluding carboxylic acids is 1. The quantitative estimate of drug-likeness (QED) is 0.505. The molecule has 170 valence electrons. The number of thioether (sulfide) groups is 1. The molecule has 2 N–H and O–H groups in total. The number of nitrogens with zero attached hydrogens (tertiary/aromatic N) is 1. The number of amides is 1. The third-order valence-corrected chi connectivity index (χ3v) is 6.57. The second-order valence-corrected chi connectivity index (χ2v) is 9.06. The molecule has 0 heterocycles. The summed E-state index contributed by atoms with van der Waals surface area (Å²) in [6.45, 7) is 0. The van der Waals surface area contributed by atoms with Crippen molar-refractivity contribution >= 4 is 17.7 Å². The van der Waals surface area contributed by atoms with E-state index in [1.807, 2.05) is 6.07 Å². The Morgan fingerprint density at radius 1 is 1.19 bits per heavy atom. The molecule has 4 nitrogen and oxygen atoms in total. The molecule has 3 rings (SSSR count). The normalized spacial score (nSPS) is 19.9. The molecule has 2 aliphatic rings. The van der Waals surface area contributed by atoms with Gasteiger partial charge in [-0.05, 0) is 55.1 Å². The monoisotopic (exact) mass is 465 g/mol. The first kappa shape index (κ1) is 23.7. The summed E-state index contributed by atoms with van der Waals surface area (Å²) in [6, 6.07) is 1.14. The van der Waals surface area contributed by atoms with Crippen LogP contribution in [-0.4, -0.2) is 41.1 Å². The fourth-order valence-electron chi connectivity index (χ4n) is 2.98. The maximum atomic E-state index is 14.4. The average molecular weight is 465 g/mol. The van der Waals surface area contributed by atoms with E-state index in [-0.39, 0.29) is 5.75 Å². The van der Waals surface area contributed by atoms with E-state index in [0.29, 0.717) is 24.5 Å². The first-order valence-electron chi connectivity index (χ1n) is 9.74. The van der Waals surface area contributed by atoms with Gasteiger partial charge >= 0.3 is 12.1 Å². The van der Waals surface area contributed by atoms with Crippen molar-refractivity contribution in [2.45, 2.75) is 55.4 Å². The Morgan fingerprint density at radius 3 is 2.29 bits per heavy atom. The Balaban J connectivity index is 1.85. The molecule has 1 aromatic rings. The molecule has 2 aliphatic carbocycles. The zero-order valence-corrected chi connectivity index (χ0v) is 17.1. The van der Waals surface area contributed by atoms with Crippen LogP contribution >= 0.6 is 11.8 Å². The molecule has 0 aliphatic heterocycles. The number of nitriles is 1. The van der Waals surface area contributed by atoms with Gasteiger partial charge in [0.05, 0.1) is 12.1 Å². The highest BCUT2D eigenvalue weighted by atomic mass is 32.2. The van der Waals surface area contributed by atoms with E-state index in [2.05, 4.69) is 10.6 Å². The van der Waals surface area contributed by atoms with Gasteiger partial charge in [-0.2, -0.15) is 39.0 Å². The smallest absolute Gasteiger partial charge is 0.336 e. The van der Waals surface area contributed by atoms with Gasteiger partial charge in [0, 0.05) is 5.75 Å². The molecule has 31 heavy (non-hydrogen) atoms. The highest BCUT2D eigenvalue weighted by Gasteiger charge is 2.63. The zero-order valence-electron chi connectivity index (χ0n) is 16.3. The van der Waals surface area contributed by atoms with E-state index >= 15 is 0 Å². The molecule has 2 saturated carbocycles. The van der Waals surface area contributed by atoms with E-state index in [9.17, 15) is 36.4 Å². The van der Waals surface area contributed by atoms with Crippen LogP contribution < -0.4 is 10.6 Å². The molecule has 0 aromatic heterocycles. The fourth-order valence-corrected chi connectivity index (χ4v) is 4.27. The third kappa shape index (κ3) is 5.86. The summed E-state index contributed by atoms with van der Waals surface area (Å²) in [5, 5.41) is 13.8. The summed E-state index contributed by atoms with van der Waals surface area (Å²) in [6.07, 6.45) is -3.10. The average Bonchev–Trinajstić information content (AvgIpc) is 3.61. The van der Waals surface area contributed by atoms with Gasteiger partial charge in [-0.1, -0.05) is 12.1 Å². The van der Waals surface area contributed by atoms with E-state index < -0.39 is 47.0 Å². The second-order valence-electron chi connectivity index (χ2n) is 7.99. The van der Waals surface area contributed by atoms with Gasteiger partial charge in [0.25, 0.3) is 0 Å². The number of halogens is 6. The molecule has 0 unspecified atom stereocenters. The van der Waals surface area contributed by atoms with Gasteiger partial charge in [0.15, 0.2) is 0 Å². The maximum absolute atomic E-state index is 14.4. The minimum Gasteiger partial charge on any atom is -0.336 e. The summed E-state index contributed by atoms with van der Waals surface area (Å²) >= 11 is 1.28. The highest BCUT2D eigenvalue weighted by Crippen LogP contribution is 2.45. The van der Waals surface area contributed by atoms with E-state index in [1.165, 1.54) is 11.8 Å². The minimum atomic E-state index is -5.90. The number of benzene rings is 1. The zero-order chi connectivity index (χ0) is 22.9. The Bertz CT molecular complexity index is 831. The topological polar surface area (TPSA) is 64.9 Å². The Kier molecular flexibility index (Phi) is 6.81. The van der Waals surface area contributed by atoms with Crippen LogP contribution in [0.25, 0.3) is 0 Å². The minimum absolute atomic E-state index is 0.0462. The number of nitrogens with one attached hydrogen (secondary N) is 2. The predicted molar refractivity (Wildman–Crippen MR) is 103 cm³/mol. The first-order chi connectivity index (χ1) is 14.5. The molecule has 11 heteroatoms. The number of rotatable bonds is 10. The van der Waals surface area contributed by atoms with Crippen LogP contribution in [0, 0.1) is 23.1 Å². The Labute approximate surface area is 179 Å². The van der Waals surface area contributed by atoms with Crippen LogP contribution in [0.3, 0.4) is 0 Å². The molecular formula is C20H21F6N3OS. The van der Waals surface area contributed by atoms with Crippen molar-refractivity contribution in [2.24, 2.45) is 5.92 Å². The van der Waals surface area contributed by atoms with Gasteiger partial charge in [0.2, 0.25) is 5.91 Å². The Hall–Kier alpha value is -1.93. The summed E-state index contributed by atoms with van der Waals surface area (Å²) in [4.78, 5) is 12.7. The SMILES string of the molecule is N#CC1(NC(=O)[C@H](CSCC2CC2)N[C@@H](c2ccc(F)cc2)C(F)(F)C(F)(F)F)CC1. The van der Waals surface area contributed by atoms with Gasteiger partial charge in [-0.3, -0.25) is 10.1 Å². The maximum Gasteiger partial charge on any atom is 0.455 e. The summed E-state index contributed by atoms with van der Waals surface area (Å²) in [5.41, 5.74) is -1.61.